The van der Waals surface area contributed by atoms with E-state index in [1.165, 1.54) is 5.56 Å². The zero-order valence-corrected chi connectivity index (χ0v) is 13.9. The number of nitrogens with one attached hydrogen (secondary N) is 1. The molecule has 2 atom stereocenters. The Bertz CT molecular complexity index is 701. The molecule has 24 heavy (non-hydrogen) atoms. The van der Waals surface area contributed by atoms with Crippen LogP contribution in [0.25, 0.3) is 0 Å². The van der Waals surface area contributed by atoms with Gasteiger partial charge in [-0.1, -0.05) is 42.5 Å². The minimum atomic E-state index is -0.892. The van der Waals surface area contributed by atoms with Gasteiger partial charge in [-0.2, -0.15) is 0 Å². The van der Waals surface area contributed by atoms with E-state index in [9.17, 15) is 9.90 Å². The summed E-state index contributed by atoms with van der Waals surface area (Å²) in [7, 11) is 0. The third-order valence-electron chi connectivity index (χ3n) is 4.51. The van der Waals surface area contributed by atoms with Gasteiger partial charge in [0, 0.05) is 13.0 Å². The number of aryl methyl sites for hydroxylation is 1. The first-order valence-electron chi connectivity index (χ1n) is 8.34. The largest absolute Gasteiger partial charge is 0.481 e. The fourth-order valence-electron chi connectivity index (χ4n) is 3.09. The predicted molar refractivity (Wildman–Crippen MR) is 93.0 cm³/mol. The van der Waals surface area contributed by atoms with Gasteiger partial charge in [-0.25, -0.2) is 0 Å². The predicted octanol–water partition coefficient (Wildman–Crippen LogP) is 2.49. The Morgan fingerprint density at radius 3 is 2.58 bits per heavy atom. The van der Waals surface area contributed by atoms with Gasteiger partial charge in [-0.15, -0.1) is 0 Å². The monoisotopic (exact) mass is 325 g/mol. The quantitative estimate of drug-likeness (QED) is 0.888. The van der Waals surface area contributed by atoms with Crippen molar-refractivity contribution < 1.29 is 14.6 Å². The number of hydrogen-bond donors (Lipinski definition) is 2. The van der Waals surface area contributed by atoms with Crippen LogP contribution in [0.1, 0.15) is 24.5 Å². The highest BCUT2D eigenvalue weighted by Gasteiger charge is 2.32. The lowest BCUT2D eigenvalue weighted by Crippen LogP contribution is -2.49. The van der Waals surface area contributed by atoms with Crippen LogP contribution in [0.15, 0.2) is 54.6 Å². The van der Waals surface area contributed by atoms with Crippen molar-refractivity contribution in [1.29, 1.82) is 0 Å². The van der Waals surface area contributed by atoms with Gasteiger partial charge in [0.2, 0.25) is 0 Å². The molecule has 0 heterocycles. The standard InChI is InChI=1S/C20H23NO3/c1-15(24-18-9-3-2-4-10-18)19(22)21-14-20(23)12-11-16-7-5-6-8-17(16)13-20/h2-10,15,23H,11-14H2,1H3,(H,21,22)/t15-,20-/m0/s1. The molecular weight excluding hydrogens is 302 g/mol. The molecule has 2 aromatic carbocycles. The number of ether oxygens (including phenoxy) is 1. The number of aliphatic hydroxyl groups is 1. The fraction of sp³-hybridized carbons (Fsp3) is 0.350. The van der Waals surface area contributed by atoms with E-state index in [-0.39, 0.29) is 12.5 Å². The van der Waals surface area contributed by atoms with E-state index in [0.29, 0.717) is 18.6 Å². The van der Waals surface area contributed by atoms with E-state index in [4.69, 9.17) is 4.74 Å². The van der Waals surface area contributed by atoms with Crippen LogP contribution in [0, 0.1) is 0 Å². The zero-order chi connectivity index (χ0) is 17.0. The molecule has 2 aromatic rings. The molecule has 0 radical (unpaired) electrons. The van der Waals surface area contributed by atoms with Crippen molar-refractivity contribution in [2.75, 3.05) is 6.54 Å². The Labute approximate surface area is 142 Å². The Balaban J connectivity index is 1.54. The molecule has 1 aliphatic carbocycles. The molecular formula is C20H23NO3. The lowest BCUT2D eigenvalue weighted by Gasteiger charge is -2.34. The summed E-state index contributed by atoms with van der Waals surface area (Å²) in [5.74, 6) is 0.441. The van der Waals surface area contributed by atoms with Gasteiger partial charge in [0.05, 0.1) is 5.60 Å². The molecule has 0 aromatic heterocycles. The first-order valence-corrected chi connectivity index (χ1v) is 8.34. The van der Waals surface area contributed by atoms with Crippen molar-refractivity contribution in [2.24, 2.45) is 0 Å². The average Bonchev–Trinajstić information content (AvgIpc) is 2.60. The summed E-state index contributed by atoms with van der Waals surface area (Å²) in [5.41, 5.74) is 1.56. The van der Waals surface area contributed by atoms with Crippen LogP contribution in [0.2, 0.25) is 0 Å². The Hall–Kier alpha value is -2.33. The first-order chi connectivity index (χ1) is 11.6. The van der Waals surface area contributed by atoms with E-state index in [2.05, 4.69) is 11.4 Å². The number of para-hydroxylation sites is 1. The second-order valence-corrected chi connectivity index (χ2v) is 6.46. The third-order valence-corrected chi connectivity index (χ3v) is 4.51. The maximum absolute atomic E-state index is 12.2. The zero-order valence-electron chi connectivity index (χ0n) is 13.9. The summed E-state index contributed by atoms with van der Waals surface area (Å²) in [5, 5.41) is 13.6. The van der Waals surface area contributed by atoms with Crippen LogP contribution < -0.4 is 10.1 Å². The van der Waals surface area contributed by atoms with Gasteiger partial charge in [0.25, 0.3) is 5.91 Å². The molecule has 0 bridgehead atoms. The van der Waals surface area contributed by atoms with Gasteiger partial charge < -0.3 is 15.2 Å². The Morgan fingerprint density at radius 1 is 1.17 bits per heavy atom. The molecule has 0 spiro atoms. The van der Waals surface area contributed by atoms with Gasteiger partial charge in [0.1, 0.15) is 5.75 Å². The molecule has 4 nitrogen and oxygen atoms in total. The van der Waals surface area contributed by atoms with E-state index < -0.39 is 11.7 Å². The number of hydrogen-bond acceptors (Lipinski definition) is 3. The topological polar surface area (TPSA) is 58.6 Å². The SMILES string of the molecule is C[C@H](Oc1ccccc1)C(=O)NC[C@]1(O)CCc2ccccc2C1. The highest BCUT2D eigenvalue weighted by atomic mass is 16.5. The second kappa shape index (κ2) is 7.05. The number of benzene rings is 2. The molecule has 0 saturated carbocycles. The molecule has 0 saturated heterocycles. The van der Waals surface area contributed by atoms with E-state index in [1.54, 1.807) is 6.92 Å². The lowest BCUT2D eigenvalue weighted by atomic mass is 9.80. The molecule has 0 fully saturated rings. The molecule has 4 heteroatoms. The van der Waals surface area contributed by atoms with E-state index in [0.717, 1.165) is 12.0 Å². The lowest BCUT2D eigenvalue weighted by molar-refractivity contribution is -0.128. The van der Waals surface area contributed by atoms with E-state index >= 15 is 0 Å². The first kappa shape index (κ1) is 16.5. The average molecular weight is 325 g/mol. The second-order valence-electron chi connectivity index (χ2n) is 6.46. The molecule has 126 valence electrons. The summed E-state index contributed by atoms with van der Waals surface area (Å²) in [6, 6.07) is 17.4. The Kier molecular flexibility index (Phi) is 4.86. The number of carbonyl (C=O) groups is 1. The number of carbonyl (C=O) groups excluding carboxylic acids is 1. The summed E-state index contributed by atoms with van der Waals surface area (Å²) in [4.78, 5) is 12.2. The normalized spacial score (nSPS) is 20.8. The van der Waals surface area contributed by atoms with Crippen molar-refractivity contribution in [3.05, 3.63) is 65.7 Å². The van der Waals surface area contributed by atoms with Crippen molar-refractivity contribution >= 4 is 5.91 Å². The highest BCUT2D eigenvalue weighted by Crippen LogP contribution is 2.28. The van der Waals surface area contributed by atoms with Crippen molar-refractivity contribution in [3.63, 3.8) is 0 Å². The smallest absolute Gasteiger partial charge is 0.260 e. The summed E-state index contributed by atoms with van der Waals surface area (Å²) < 4.78 is 5.61. The van der Waals surface area contributed by atoms with Gasteiger partial charge in [0.15, 0.2) is 6.10 Å². The van der Waals surface area contributed by atoms with Crippen molar-refractivity contribution in [3.8, 4) is 5.75 Å². The van der Waals surface area contributed by atoms with Gasteiger partial charge in [-0.05, 0) is 43.0 Å². The van der Waals surface area contributed by atoms with Crippen LogP contribution in [0.5, 0.6) is 5.75 Å². The van der Waals surface area contributed by atoms with Crippen LogP contribution in [0.4, 0.5) is 0 Å². The molecule has 0 unspecified atom stereocenters. The molecule has 3 rings (SSSR count). The highest BCUT2D eigenvalue weighted by molar-refractivity contribution is 5.80. The molecule has 0 aliphatic heterocycles. The van der Waals surface area contributed by atoms with Crippen LogP contribution in [-0.4, -0.2) is 29.3 Å². The third kappa shape index (κ3) is 3.95. The van der Waals surface area contributed by atoms with Gasteiger partial charge in [-0.3, -0.25) is 4.79 Å². The summed E-state index contributed by atoms with van der Waals surface area (Å²) in [6.45, 7) is 1.95. The molecule has 1 amide bonds. The van der Waals surface area contributed by atoms with E-state index in [1.807, 2.05) is 48.5 Å². The number of rotatable bonds is 5. The van der Waals surface area contributed by atoms with Crippen LogP contribution in [0.3, 0.4) is 0 Å². The molecule has 2 N–H and O–H groups in total. The van der Waals surface area contributed by atoms with Gasteiger partial charge >= 0.3 is 0 Å². The van der Waals surface area contributed by atoms with Crippen LogP contribution >= 0.6 is 0 Å². The van der Waals surface area contributed by atoms with Crippen LogP contribution in [-0.2, 0) is 17.6 Å². The number of amides is 1. The maximum Gasteiger partial charge on any atom is 0.260 e. The number of fused-ring (bicyclic) bond motifs is 1. The van der Waals surface area contributed by atoms with Crippen molar-refractivity contribution in [2.45, 2.75) is 37.9 Å². The molecule has 1 aliphatic rings. The minimum absolute atomic E-state index is 0.217. The fourth-order valence-corrected chi connectivity index (χ4v) is 3.09. The Morgan fingerprint density at radius 2 is 1.83 bits per heavy atom. The summed E-state index contributed by atoms with van der Waals surface area (Å²) in [6.07, 6.45) is 1.45. The van der Waals surface area contributed by atoms with Crippen molar-refractivity contribution in [1.82, 2.24) is 5.32 Å². The summed E-state index contributed by atoms with van der Waals surface area (Å²) >= 11 is 0. The maximum atomic E-state index is 12.2. The minimum Gasteiger partial charge on any atom is -0.481 e.